The highest BCUT2D eigenvalue weighted by atomic mass is 32.2. The topological polar surface area (TPSA) is 41.0 Å². The van der Waals surface area contributed by atoms with E-state index in [1.54, 1.807) is 18.1 Å². The molecule has 2 heterocycles. The van der Waals surface area contributed by atoms with Crippen LogP contribution in [0.25, 0.3) is 0 Å². The SMILES string of the molecule is CSc1cc(N2CCCC2CNCC(C)C)ncn1. The molecule has 1 fully saturated rings. The zero-order valence-corrected chi connectivity index (χ0v) is 12.9. The maximum absolute atomic E-state index is 4.44. The predicted molar refractivity (Wildman–Crippen MR) is 81.9 cm³/mol. The highest BCUT2D eigenvalue weighted by Crippen LogP contribution is 2.25. The van der Waals surface area contributed by atoms with Gasteiger partial charge in [-0.3, -0.25) is 0 Å². The van der Waals surface area contributed by atoms with E-state index in [-0.39, 0.29) is 0 Å². The fourth-order valence-corrected chi connectivity index (χ4v) is 2.86. The Labute approximate surface area is 120 Å². The largest absolute Gasteiger partial charge is 0.352 e. The summed E-state index contributed by atoms with van der Waals surface area (Å²) in [4.78, 5) is 11.1. The van der Waals surface area contributed by atoms with Crippen molar-refractivity contribution in [2.75, 3.05) is 30.8 Å². The van der Waals surface area contributed by atoms with Crippen molar-refractivity contribution in [3.8, 4) is 0 Å². The second-order valence-electron chi connectivity index (χ2n) is 5.46. The van der Waals surface area contributed by atoms with Crippen molar-refractivity contribution in [3.05, 3.63) is 12.4 Å². The van der Waals surface area contributed by atoms with Gasteiger partial charge in [0.05, 0.1) is 0 Å². The molecule has 1 saturated heterocycles. The summed E-state index contributed by atoms with van der Waals surface area (Å²) in [6, 6.07) is 2.68. The molecule has 1 aromatic heterocycles. The van der Waals surface area contributed by atoms with E-state index in [9.17, 15) is 0 Å². The molecule has 1 aliphatic rings. The van der Waals surface area contributed by atoms with Crippen molar-refractivity contribution in [3.63, 3.8) is 0 Å². The number of nitrogens with one attached hydrogen (secondary N) is 1. The molecule has 19 heavy (non-hydrogen) atoms. The van der Waals surface area contributed by atoms with Crippen molar-refractivity contribution in [1.82, 2.24) is 15.3 Å². The third-order valence-corrected chi connectivity index (χ3v) is 4.08. The van der Waals surface area contributed by atoms with Gasteiger partial charge in [-0.1, -0.05) is 13.8 Å². The van der Waals surface area contributed by atoms with Gasteiger partial charge in [-0.25, -0.2) is 9.97 Å². The summed E-state index contributed by atoms with van der Waals surface area (Å²) in [5.74, 6) is 1.78. The molecule has 2 rings (SSSR count). The van der Waals surface area contributed by atoms with Crippen LogP contribution in [0, 0.1) is 5.92 Å². The van der Waals surface area contributed by atoms with Gasteiger partial charge in [-0.05, 0) is 31.6 Å². The number of thioether (sulfide) groups is 1. The van der Waals surface area contributed by atoms with Gasteiger partial charge in [0.25, 0.3) is 0 Å². The smallest absolute Gasteiger partial charge is 0.133 e. The first-order valence-corrected chi connectivity index (χ1v) is 8.26. The van der Waals surface area contributed by atoms with Gasteiger partial charge in [0.1, 0.15) is 17.2 Å². The van der Waals surface area contributed by atoms with Crippen molar-refractivity contribution in [2.24, 2.45) is 5.92 Å². The van der Waals surface area contributed by atoms with E-state index in [0.717, 1.165) is 30.5 Å². The van der Waals surface area contributed by atoms with Crippen molar-refractivity contribution in [2.45, 2.75) is 37.8 Å². The Balaban J connectivity index is 1.97. The minimum Gasteiger partial charge on any atom is -0.352 e. The molecule has 1 aromatic rings. The van der Waals surface area contributed by atoms with Crippen LogP contribution < -0.4 is 10.2 Å². The lowest BCUT2D eigenvalue weighted by molar-refractivity contribution is 0.511. The van der Waals surface area contributed by atoms with Gasteiger partial charge in [0, 0.05) is 25.2 Å². The van der Waals surface area contributed by atoms with Crippen molar-refractivity contribution in [1.29, 1.82) is 0 Å². The summed E-state index contributed by atoms with van der Waals surface area (Å²) in [6.45, 7) is 7.74. The van der Waals surface area contributed by atoms with E-state index >= 15 is 0 Å². The van der Waals surface area contributed by atoms with Crippen LogP contribution in [0.3, 0.4) is 0 Å². The molecule has 1 N–H and O–H groups in total. The van der Waals surface area contributed by atoms with E-state index in [0.29, 0.717) is 12.0 Å². The van der Waals surface area contributed by atoms with Crippen LogP contribution in [0.1, 0.15) is 26.7 Å². The molecule has 0 aliphatic carbocycles. The minimum absolute atomic E-state index is 0.573. The monoisotopic (exact) mass is 280 g/mol. The zero-order valence-electron chi connectivity index (χ0n) is 12.1. The third-order valence-electron chi connectivity index (χ3n) is 3.44. The lowest BCUT2D eigenvalue weighted by atomic mass is 10.2. The number of rotatable bonds is 6. The average molecular weight is 280 g/mol. The second-order valence-corrected chi connectivity index (χ2v) is 6.29. The molecular formula is C14H24N4S. The molecule has 1 aliphatic heterocycles. The minimum atomic E-state index is 0.573. The van der Waals surface area contributed by atoms with E-state index in [1.165, 1.54) is 12.8 Å². The highest BCUT2D eigenvalue weighted by molar-refractivity contribution is 7.98. The van der Waals surface area contributed by atoms with Crippen LogP contribution in [0.5, 0.6) is 0 Å². The summed E-state index contributed by atoms with van der Waals surface area (Å²) in [5.41, 5.74) is 0. The molecule has 5 heteroatoms. The average Bonchev–Trinajstić information content (AvgIpc) is 2.87. The number of hydrogen-bond donors (Lipinski definition) is 1. The molecule has 0 spiro atoms. The molecule has 0 saturated carbocycles. The molecule has 0 amide bonds. The summed E-state index contributed by atoms with van der Waals surface area (Å²) < 4.78 is 0. The Morgan fingerprint density at radius 3 is 3.05 bits per heavy atom. The molecule has 0 bridgehead atoms. The van der Waals surface area contributed by atoms with Gasteiger partial charge in [-0.2, -0.15) is 0 Å². The molecular weight excluding hydrogens is 256 g/mol. The maximum Gasteiger partial charge on any atom is 0.133 e. The zero-order chi connectivity index (χ0) is 13.7. The number of anilines is 1. The Morgan fingerprint density at radius 2 is 2.32 bits per heavy atom. The number of hydrogen-bond acceptors (Lipinski definition) is 5. The summed E-state index contributed by atoms with van der Waals surface area (Å²) in [7, 11) is 0. The molecule has 0 radical (unpaired) electrons. The van der Waals surface area contributed by atoms with E-state index in [1.807, 2.05) is 0 Å². The van der Waals surface area contributed by atoms with Crippen molar-refractivity contribution < 1.29 is 0 Å². The van der Waals surface area contributed by atoms with Crippen LogP contribution in [0.2, 0.25) is 0 Å². The van der Waals surface area contributed by atoms with Crippen molar-refractivity contribution >= 4 is 17.6 Å². The Morgan fingerprint density at radius 1 is 1.47 bits per heavy atom. The summed E-state index contributed by atoms with van der Waals surface area (Å²) in [6.07, 6.45) is 6.24. The van der Waals surface area contributed by atoms with Gasteiger partial charge in [-0.15, -0.1) is 11.8 Å². The molecule has 1 unspecified atom stereocenters. The third kappa shape index (κ3) is 4.08. The van der Waals surface area contributed by atoms with Gasteiger partial charge >= 0.3 is 0 Å². The molecule has 4 nitrogen and oxygen atoms in total. The van der Waals surface area contributed by atoms with Gasteiger partial charge in [0.15, 0.2) is 0 Å². The van der Waals surface area contributed by atoms with E-state index in [4.69, 9.17) is 0 Å². The van der Waals surface area contributed by atoms with Crippen LogP contribution in [-0.4, -0.2) is 41.9 Å². The first-order valence-electron chi connectivity index (χ1n) is 7.04. The Kier molecular flexibility index (Phi) is 5.45. The lowest BCUT2D eigenvalue weighted by Crippen LogP contribution is -2.39. The lowest BCUT2D eigenvalue weighted by Gasteiger charge is -2.26. The van der Waals surface area contributed by atoms with E-state index < -0.39 is 0 Å². The molecule has 0 aromatic carbocycles. The highest BCUT2D eigenvalue weighted by Gasteiger charge is 2.25. The second kappa shape index (κ2) is 7.10. The first kappa shape index (κ1) is 14.6. The predicted octanol–water partition coefficient (Wildman–Crippen LogP) is 2.41. The number of nitrogens with zero attached hydrogens (tertiary/aromatic N) is 3. The van der Waals surface area contributed by atoms with Gasteiger partial charge in [0.2, 0.25) is 0 Å². The first-order chi connectivity index (χ1) is 9.20. The maximum atomic E-state index is 4.44. The fourth-order valence-electron chi connectivity index (χ4n) is 2.49. The standard InChI is InChI=1S/C14H24N4S/c1-11(2)8-15-9-12-5-4-6-18(12)13-7-14(19-3)17-10-16-13/h7,10-12,15H,4-6,8-9H2,1-3H3. The Bertz CT molecular complexity index is 397. The summed E-state index contributed by atoms with van der Waals surface area (Å²) in [5, 5.41) is 4.61. The van der Waals surface area contributed by atoms with Gasteiger partial charge < -0.3 is 10.2 Å². The quantitative estimate of drug-likeness (QED) is 0.640. The van der Waals surface area contributed by atoms with Crippen LogP contribution >= 0.6 is 11.8 Å². The fraction of sp³-hybridized carbons (Fsp3) is 0.714. The van der Waals surface area contributed by atoms with Crippen LogP contribution in [0.15, 0.2) is 17.4 Å². The molecule has 106 valence electrons. The number of aromatic nitrogens is 2. The van der Waals surface area contributed by atoms with Crippen LogP contribution in [-0.2, 0) is 0 Å². The van der Waals surface area contributed by atoms with E-state index in [2.05, 4.69) is 46.4 Å². The Hall–Kier alpha value is -0.810. The molecule has 1 atom stereocenters. The summed E-state index contributed by atoms with van der Waals surface area (Å²) >= 11 is 1.67. The normalized spacial score (nSPS) is 19.4. The van der Waals surface area contributed by atoms with Crippen LogP contribution in [0.4, 0.5) is 5.82 Å².